The first kappa shape index (κ1) is 30.1. The predicted octanol–water partition coefficient (Wildman–Crippen LogP) is 5.80. The number of aliphatic carboxylic acids is 1. The molecule has 2 aromatic carbocycles. The summed E-state index contributed by atoms with van der Waals surface area (Å²) in [5.41, 5.74) is 3.20. The van der Waals surface area contributed by atoms with Crippen LogP contribution in [0.25, 0.3) is 16.9 Å². The van der Waals surface area contributed by atoms with Crippen molar-refractivity contribution < 1.29 is 33.0 Å². The minimum atomic E-state index is -1.47. The van der Waals surface area contributed by atoms with Gasteiger partial charge in [-0.3, -0.25) is 4.79 Å². The van der Waals surface area contributed by atoms with Crippen LogP contribution in [0.15, 0.2) is 30.3 Å². The number of rotatable bonds is 7. The number of benzene rings is 2. The summed E-state index contributed by atoms with van der Waals surface area (Å²) in [5.74, 6) is -2.49. The molecular weight excluding hydrogens is 558 g/mol. The number of ether oxygens (including phenoxy) is 2. The largest absolute Gasteiger partial charge is 0.490 e. The molecule has 0 saturated heterocycles. The quantitative estimate of drug-likeness (QED) is 0.279. The Morgan fingerprint density at radius 1 is 1.14 bits per heavy atom. The number of carbonyl (C=O) groups is 2. The second-order valence-corrected chi connectivity index (χ2v) is 11.8. The lowest BCUT2D eigenvalue weighted by Crippen LogP contribution is -2.29. The van der Waals surface area contributed by atoms with E-state index in [1.807, 2.05) is 6.92 Å². The van der Waals surface area contributed by atoms with E-state index in [1.165, 1.54) is 22.7 Å². The Bertz CT molecular complexity index is 1760. The molecule has 0 bridgehead atoms. The number of carboxylic acids is 1. The zero-order valence-electron chi connectivity index (χ0n) is 25.0. The number of nitrogens with one attached hydrogen (secondary N) is 1. The van der Waals surface area contributed by atoms with Crippen LogP contribution in [0.5, 0.6) is 5.75 Å². The molecule has 11 heteroatoms. The van der Waals surface area contributed by atoms with Crippen LogP contribution in [0.2, 0.25) is 0 Å². The molecule has 0 fully saturated rings. The van der Waals surface area contributed by atoms with Crippen LogP contribution in [-0.2, 0) is 22.5 Å². The second-order valence-electron chi connectivity index (χ2n) is 11.8. The molecule has 226 valence electrons. The predicted molar refractivity (Wildman–Crippen MR) is 155 cm³/mol. The summed E-state index contributed by atoms with van der Waals surface area (Å²) in [6, 6.07) is 7.36. The number of hydrogen-bond acceptors (Lipinski definition) is 6. The van der Waals surface area contributed by atoms with Crippen LogP contribution >= 0.6 is 0 Å². The average Bonchev–Trinajstić information content (AvgIpc) is 3.37. The molecule has 2 aromatic heterocycles. The Morgan fingerprint density at radius 3 is 2.56 bits per heavy atom. The standard InChI is InChI=1S/C32H34F2N4O5/c1-16-12-19(9-10-22(16)33)15-35-30(39)24-14-25-36-18(3)26(29(31(40)41)43-32(4,5)6)27(38(25)37-24)21-13-23(34)28-20(17(21)2)8-7-11-42-28/h9-10,12-14,29H,7-8,11,15H2,1-6H3,(H,35,39)(H,40,41). The molecule has 0 radical (unpaired) electrons. The molecule has 4 aromatic rings. The molecule has 1 aliphatic rings. The van der Waals surface area contributed by atoms with Gasteiger partial charge in [0.15, 0.2) is 29.0 Å². The van der Waals surface area contributed by atoms with Crippen molar-refractivity contribution in [2.24, 2.45) is 0 Å². The van der Waals surface area contributed by atoms with Crippen molar-refractivity contribution >= 4 is 17.5 Å². The number of hydrogen-bond donors (Lipinski definition) is 2. The summed E-state index contributed by atoms with van der Waals surface area (Å²) >= 11 is 0. The van der Waals surface area contributed by atoms with Crippen molar-refractivity contribution in [2.45, 2.75) is 72.6 Å². The molecule has 5 rings (SSSR count). The maximum absolute atomic E-state index is 15.5. The SMILES string of the molecule is Cc1cc(CNC(=O)c2cc3nc(C)c(C(OC(C)(C)C)C(=O)O)c(-c4cc(F)c5c(c4C)CCCO5)n3n2)ccc1F. The van der Waals surface area contributed by atoms with E-state index in [0.29, 0.717) is 53.0 Å². The van der Waals surface area contributed by atoms with Gasteiger partial charge in [-0.05, 0) is 83.2 Å². The first-order valence-electron chi connectivity index (χ1n) is 14.0. The van der Waals surface area contributed by atoms with Gasteiger partial charge in [0.1, 0.15) is 5.82 Å². The van der Waals surface area contributed by atoms with Gasteiger partial charge in [-0.2, -0.15) is 5.10 Å². The fourth-order valence-corrected chi connectivity index (χ4v) is 5.40. The highest BCUT2D eigenvalue weighted by molar-refractivity contribution is 5.93. The third kappa shape index (κ3) is 5.94. The van der Waals surface area contributed by atoms with Crippen molar-refractivity contribution in [1.29, 1.82) is 0 Å². The van der Waals surface area contributed by atoms with Gasteiger partial charge in [0.2, 0.25) is 0 Å². The van der Waals surface area contributed by atoms with E-state index in [-0.39, 0.29) is 40.7 Å². The van der Waals surface area contributed by atoms with E-state index in [1.54, 1.807) is 46.8 Å². The maximum Gasteiger partial charge on any atom is 0.337 e. The van der Waals surface area contributed by atoms with Gasteiger partial charge in [-0.1, -0.05) is 12.1 Å². The van der Waals surface area contributed by atoms with Crippen molar-refractivity contribution in [1.82, 2.24) is 19.9 Å². The fourth-order valence-electron chi connectivity index (χ4n) is 5.40. The topological polar surface area (TPSA) is 115 Å². The van der Waals surface area contributed by atoms with Gasteiger partial charge in [-0.25, -0.2) is 23.1 Å². The van der Waals surface area contributed by atoms with Crippen molar-refractivity contribution in [3.05, 3.63) is 81.2 Å². The van der Waals surface area contributed by atoms with Crippen molar-refractivity contribution in [3.8, 4) is 17.0 Å². The molecule has 9 nitrogen and oxygen atoms in total. The minimum absolute atomic E-state index is 0.0205. The summed E-state index contributed by atoms with van der Waals surface area (Å²) < 4.78 is 42.2. The van der Waals surface area contributed by atoms with Crippen LogP contribution < -0.4 is 10.1 Å². The third-order valence-electron chi connectivity index (χ3n) is 7.39. The van der Waals surface area contributed by atoms with Gasteiger partial charge < -0.3 is 19.9 Å². The lowest BCUT2D eigenvalue weighted by atomic mass is 9.91. The Labute approximate surface area is 247 Å². The highest BCUT2D eigenvalue weighted by Crippen LogP contribution is 2.41. The van der Waals surface area contributed by atoms with Gasteiger partial charge in [0.25, 0.3) is 5.91 Å². The molecule has 1 atom stereocenters. The monoisotopic (exact) mass is 592 g/mol. The molecule has 0 aliphatic carbocycles. The van der Waals surface area contributed by atoms with E-state index in [0.717, 1.165) is 0 Å². The third-order valence-corrected chi connectivity index (χ3v) is 7.39. The number of halogens is 2. The van der Waals surface area contributed by atoms with Crippen LogP contribution in [-0.4, -0.2) is 43.8 Å². The van der Waals surface area contributed by atoms with E-state index >= 15 is 4.39 Å². The number of carboxylic acid groups (broad SMARTS) is 1. The van der Waals surface area contributed by atoms with Gasteiger partial charge in [0.05, 0.1) is 17.9 Å². The highest BCUT2D eigenvalue weighted by Gasteiger charge is 2.35. The van der Waals surface area contributed by atoms with E-state index in [9.17, 15) is 19.1 Å². The molecule has 0 saturated carbocycles. The Morgan fingerprint density at radius 2 is 1.88 bits per heavy atom. The summed E-state index contributed by atoms with van der Waals surface area (Å²) in [7, 11) is 0. The maximum atomic E-state index is 15.5. The smallest absolute Gasteiger partial charge is 0.337 e. The molecule has 2 N–H and O–H groups in total. The number of amides is 1. The molecule has 3 heterocycles. The molecular formula is C32H34F2N4O5. The lowest BCUT2D eigenvalue weighted by molar-refractivity contribution is -0.160. The van der Waals surface area contributed by atoms with Crippen molar-refractivity contribution in [2.75, 3.05) is 6.61 Å². The number of carbonyl (C=O) groups excluding carboxylic acids is 1. The van der Waals surface area contributed by atoms with Gasteiger partial charge in [0, 0.05) is 35.0 Å². The number of nitrogens with zero attached hydrogens (tertiary/aromatic N) is 3. The normalized spacial score (nSPS) is 13.9. The second kappa shape index (κ2) is 11.4. The average molecular weight is 593 g/mol. The Hall–Kier alpha value is -4.38. The Balaban J connectivity index is 1.69. The molecule has 1 amide bonds. The summed E-state index contributed by atoms with van der Waals surface area (Å²) in [5, 5.41) is 17.6. The zero-order valence-corrected chi connectivity index (χ0v) is 25.0. The molecule has 43 heavy (non-hydrogen) atoms. The molecule has 1 unspecified atom stereocenters. The zero-order chi connectivity index (χ0) is 31.2. The highest BCUT2D eigenvalue weighted by atomic mass is 19.1. The van der Waals surface area contributed by atoms with Gasteiger partial charge in [-0.15, -0.1) is 0 Å². The van der Waals surface area contributed by atoms with Crippen LogP contribution in [0, 0.1) is 32.4 Å². The summed E-state index contributed by atoms with van der Waals surface area (Å²) in [6.45, 7) is 10.9. The van der Waals surface area contributed by atoms with Crippen LogP contribution in [0.3, 0.4) is 0 Å². The van der Waals surface area contributed by atoms with E-state index < -0.39 is 29.4 Å². The number of aryl methyl sites for hydroxylation is 2. The van der Waals surface area contributed by atoms with Crippen molar-refractivity contribution in [3.63, 3.8) is 0 Å². The molecule has 0 spiro atoms. The minimum Gasteiger partial charge on any atom is -0.490 e. The van der Waals surface area contributed by atoms with Crippen LogP contribution in [0.1, 0.15) is 77.3 Å². The number of aromatic nitrogens is 3. The van der Waals surface area contributed by atoms with Crippen LogP contribution in [0.4, 0.5) is 8.78 Å². The molecule has 1 aliphatic heterocycles. The summed E-state index contributed by atoms with van der Waals surface area (Å²) in [6.07, 6.45) is -0.172. The van der Waals surface area contributed by atoms with E-state index in [4.69, 9.17) is 9.47 Å². The first-order valence-corrected chi connectivity index (χ1v) is 14.0. The van der Waals surface area contributed by atoms with E-state index in [2.05, 4.69) is 15.4 Å². The number of fused-ring (bicyclic) bond motifs is 2. The first-order chi connectivity index (χ1) is 20.2. The lowest BCUT2D eigenvalue weighted by Gasteiger charge is -2.28. The fraction of sp³-hybridized carbons (Fsp3) is 0.375. The van der Waals surface area contributed by atoms with Gasteiger partial charge >= 0.3 is 5.97 Å². The Kier molecular flexibility index (Phi) is 7.95. The summed E-state index contributed by atoms with van der Waals surface area (Å²) in [4.78, 5) is 30.5.